The number of unbranched alkanes of at least 4 members (excludes halogenated alkanes) is 10. The van der Waals surface area contributed by atoms with Crippen LogP contribution in [0.15, 0.2) is 48.6 Å². The SMILES string of the molecule is CCCCCCCC/C=C\CC/C=C/[C@@H](O)[C@H](COP(=O)([O-])OCC[N+](C)(C)C)NC(=O)CCC/C=C\C[C@H]1C(=O)C[C@@H](O)[C@@H]1/C=C/[C@@H](O)CCCCC. The number of aliphatic hydroxyl groups is 3. The third-order valence-electron chi connectivity index (χ3n) is 9.63. The topological polar surface area (TPSA) is 165 Å². The second-order valence-corrected chi connectivity index (χ2v) is 17.2. The molecule has 0 aliphatic heterocycles. The number of rotatable bonds is 32. The molecule has 1 saturated carbocycles. The molecule has 0 aromatic carbocycles. The maximum atomic E-state index is 12.9. The zero-order chi connectivity index (χ0) is 40.2. The van der Waals surface area contributed by atoms with Crippen LogP contribution in [-0.4, -0.2) is 96.7 Å². The minimum absolute atomic E-state index is 0.00359. The molecule has 0 spiro atoms. The number of Topliss-reactive ketones (excluding diaryl/α,β-unsaturated/α-hetero) is 1. The van der Waals surface area contributed by atoms with Gasteiger partial charge >= 0.3 is 0 Å². The summed E-state index contributed by atoms with van der Waals surface area (Å²) in [5.74, 6) is -1.05. The summed E-state index contributed by atoms with van der Waals surface area (Å²) in [4.78, 5) is 37.9. The lowest BCUT2D eigenvalue weighted by molar-refractivity contribution is -0.870. The molecule has 0 aromatic rings. The predicted molar refractivity (Wildman–Crippen MR) is 215 cm³/mol. The molecule has 0 heterocycles. The Morgan fingerprint density at radius 2 is 1.52 bits per heavy atom. The minimum Gasteiger partial charge on any atom is -0.756 e. The van der Waals surface area contributed by atoms with Crippen molar-refractivity contribution in [3.8, 4) is 0 Å². The molecule has 11 nitrogen and oxygen atoms in total. The lowest BCUT2D eigenvalue weighted by atomic mass is 9.90. The number of hydrogen-bond acceptors (Lipinski definition) is 9. The van der Waals surface area contributed by atoms with E-state index in [1.165, 1.54) is 38.5 Å². The van der Waals surface area contributed by atoms with E-state index in [9.17, 15) is 34.4 Å². The van der Waals surface area contributed by atoms with Crippen LogP contribution >= 0.6 is 7.82 Å². The number of likely N-dealkylation sites (N-methyl/N-ethyl adjacent to an activating group) is 1. The molecule has 1 rings (SSSR count). The van der Waals surface area contributed by atoms with Gasteiger partial charge in [0.1, 0.15) is 18.9 Å². The van der Waals surface area contributed by atoms with E-state index in [1.54, 1.807) is 18.2 Å². The van der Waals surface area contributed by atoms with Gasteiger partial charge in [0.25, 0.3) is 7.82 Å². The van der Waals surface area contributed by atoms with Crippen molar-refractivity contribution in [3.63, 3.8) is 0 Å². The number of carbonyl (C=O) groups is 2. The minimum atomic E-state index is -4.67. The summed E-state index contributed by atoms with van der Waals surface area (Å²) in [6, 6.07) is -1.01. The Labute approximate surface area is 327 Å². The Balaban J connectivity index is 2.65. The molecular formula is C42H75N2O9P. The van der Waals surface area contributed by atoms with Gasteiger partial charge in [-0.25, -0.2) is 0 Å². The summed E-state index contributed by atoms with van der Waals surface area (Å²) in [6.07, 6.45) is 28.1. The molecule has 1 aliphatic rings. The zero-order valence-corrected chi connectivity index (χ0v) is 35.0. The second-order valence-electron chi connectivity index (χ2n) is 15.8. The van der Waals surface area contributed by atoms with E-state index >= 15 is 0 Å². The van der Waals surface area contributed by atoms with Crippen LogP contribution in [0.5, 0.6) is 0 Å². The van der Waals surface area contributed by atoms with Crippen LogP contribution in [-0.2, 0) is 23.2 Å². The fraction of sp³-hybridized carbons (Fsp3) is 0.762. The van der Waals surface area contributed by atoms with Crippen molar-refractivity contribution in [2.75, 3.05) is 40.9 Å². The number of phosphoric acid groups is 1. The predicted octanol–water partition coefficient (Wildman–Crippen LogP) is 6.86. The van der Waals surface area contributed by atoms with Gasteiger partial charge in [0, 0.05) is 24.7 Å². The molecular weight excluding hydrogens is 707 g/mol. The molecule has 54 heavy (non-hydrogen) atoms. The average molecular weight is 783 g/mol. The molecule has 312 valence electrons. The molecule has 0 bridgehead atoms. The summed E-state index contributed by atoms with van der Waals surface area (Å²) < 4.78 is 23.1. The lowest BCUT2D eigenvalue weighted by Crippen LogP contribution is -2.45. The van der Waals surface area contributed by atoms with E-state index in [4.69, 9.17) is 9.05 Å². The molecule has 1 unspecified atom stereocenters. The second kappa shape index (κ2) is 29.3. The van der Waals surface area contributed by atoms with Gasteiger partial charge in [0.2, 0.25) is 5.91 Å². The van der Waals surface area contributed by atoms with E-state index in [0.29, 0.717) is 43.1 Å². The number of amides is 1. The van der Waals surface area contributed by atoms with Crippen LogP contribution in [0.4, 0.5) is 0 Å². The van der Waals surface area contributed by atoms with Crippen LogP contribution in [0.25, 0.3) is 0 Å². The number of nitrogens with one attached hydrogen (secondary N) is 1. The van der Waals surface area contributed by atoms with Crippen LogP contribution in [0.3, 0.4) is 0 Å². The smallest absolute Gasteiger partial charge is 0.268 e. The average Bonchev–Trinajstić information content (AvgIpc) is 3.37. The molecule has 1 aliphatic carbocycles. The van der Waals surface area contributed by atoms with Crippen molar-refractivity contribution in [2.45, 2.75) is 154 Å². The summed E-state index contributed by atoms with van der Waals surface area (Å²) in [7, 11) is 1.07. The largest absolute Gasteiger partial charge is 0.756 e. The maximum Gasteiger partial charge on any atom is 0.268 e. The van der Waals surface area contributed by atoms with Crippen molar-refractivity contribution in [1.82, 2.24) is 5.32 Å². The van der Waals surface area contributed by atoms with Crippen molar-refractivity contribution in [2.24, 2.45) is 11.8 Å². The number of aliphatic hydroxyl groups excluding tert-OH is 3. The highest BCUT2D eigenvalue weighted by atomic mass is 31.2. The molecule has 7 atom stereocenters. The Bertz CT molecular complexity index is 1180. The molecule has 0 saturated heterocycles. The summed E-state index contributed by atoms with van der Waals surface area (Å²) in [6.45, 7) is 4.23. The van der Waals surface area contributed by atoms with Gasteiger partial charge in [0.05, 0.1) is 52.1 Å². The number of phosphoric ester groups is 1. The third-order valence-corrected chi connectivity index (χ3v) is 10.6. The first kappa shape index (κ1) is 50.1. The van der Waals surface area contributed by atoms with Crippen molar-refractivity contribution in [3.05, 3.63) is 48.6 Å². The van der Waals surface area contributed by atoms with Gasteiger partial charge in [-0.15, -0.1) is 0 Å². The van der Waals surface area contributed by atoms with E-state index in [2.05, 4.69) is 31.3 Å². The van der Waals surface area contributed by atoms with E-state index in [-0.39, 0.29) is 43.0 Å². The van der Waals surface area contributed by atoms with Crippen molar-refractivity contribution < 1.29 is 47.9 Å². The first-order valence-electron chi connectivity index (χ1n) is 20.6. The zero-order valence-electron chi connectivity index (χ0n) is 34.1. The summed E-state index contributed by atoms with van der Waals surface area (Å²) in [5, 5.41) is 34.4. The Hall–Kier alpha value is -1.95. The van der Waals surface area contributed by atoms with E-state index < -0.39 is 38.8 Å². The Morgan fingerprint density at radius 3 is 2.24 bits per heavy atom. The number of carbonyl (C=O) groups excluding carboxylic acids is 2. The maximum absolute atomic E-state index is 12.9. The molecule has 12 heteroatoms. The highest BCUT2D eigenvalue weighted by Crippen LogP contribution is 2.38. The Kier molecular flexibility index (Phi) is 27.2. The Morgan fingerprint density at radius 1 is 0.889 bits per heavy atom. The number of quaternary nitrogens is 1. The molecule has 1 amide bonds. The summed E-state index contributed by atoms with van der Waals surface area (Å²) >= 11 is 0. The van der Waals surface area contributed by atoms with Crippen LogP contribution in [0.1, 0.15) is 129 Å². The lowest BCUT2D eigenvalue weighted by Gasteiger charge is -2.29. The number of nitrogens with zero attached hydrogens (tertiary/aromatic N) is 1. The van der Waals surface area contributed by atoms with Crippen LogP contribution in [0, 0.1) is 11.8 Å². The van der Waals surface area contributed by atoms with Gasteiger partial charge in [-0.1, -0.05) is 114 Å². The fourth-order valence-corrected chi connectivity index (χ4v) is 6.93. The number of ketones is 1. The van der Waals surface area contributed by atoms with Gasteiger partial charge in [-0.05, 0) is 51.4 Å². The monoisotopic (exact) mass is 783 g/mol. The first-order chi connectivity index (χ1) is 25.7. The van der Waals surface area contributed by atoms with E-state index in [0.717, 1.165) is 32.1 Å². The molecule has 0 radical (unpaired) electrons. The standard InChI is InChI=1S/C42H75N2O9P/c1-6-8-10-11-12-13-14-15-16-17-18-23-27-39(46)38(34-53-54(50,51)52-32-31-44(3,4)5)43-42(49)28-24-20-19-22-26-36-37(41(48)33-40(36)47)30-29-35(45)25-21-9-7-2/h15-16,19,22-23,27,29-30,35-39,41,45-46,48H,6-14,17-18,20-21,24-26,28,31-34H2,1-5H3,(H-,43,49,50,51)/b16-15-,22-19-,27-23+,30-29+/t35-,36+,37+,38-,39+,41+/m0/s1. The van der Waals surface area contributed by atoms with Gasteiger partial charge in [-0.2, -0.15) is 0 Å². The molecule has 0 aromatic heterocycles. The number of allylic oxidation sites excluding steroid dienone is 5. The van der Waals surface area contributed by atoms with Gasteiger partial charge < -0.3 is 39.1 Å². The van der Waals surface area contributed by atoms with Crippen LogP contribution in [0.2, 0.25) is 0 Å². The first-order valence-corrected chi connectivity index (χ1v) is 22.1. The fourth-order valence-electron chi connectivity index (χ4n) is 6.21. The van der Waals surface area contributed by atoms with Gasteiger partial charge in [-0.3, -0.25) is 14.2 Å². The highest BCUT2D eigenvalue weighted by Gasteiger charge is 2.39. The third kappa shape index (κ3) is 25.3. The summed E-state index contributed by atoms with van der Waals surface area (Å²) in [5.41, 5.74) is 0. The van der Waals surface area contributed by atoms with Crippen molar-refractivity contribution >= 4 is 19.5 Å². The quantitative estimate of drug-likeness (QED) is 0.0247. The molecule has 1 fully saturated rings. The van der Waals surface area contributed by atoms with Crippen molar-refractivity contribution in [1.29, 1.82) is 0 Å². The number of hydrogen-bond donors (Lipinski definition) is 4. The highest BCUT2D eigenvalue weighted by molar-refractivity contribution is 7.45. The van der Waals surface area contributed by atoms with Crippen LogP contribution < -0.4 is 10.2 Å². The normalized spacial score (nSPS) is 21.1. The van der Waals surface area contributed by atoms with E-state index in [1.807, 2.05) is 39.4 Å². The molecule has 4 N–H and O–H groups in total. The van der Waals surface area contributed by atoms with Gasteiger partial charge in [0.15, 0.2) is 0 Å².